The molecule has 0 saturated carbocycles. The van der Waals surface area contributed by atoms with Crippen molar-refractivity contribution in [3.63, 3.8) is 0 Å². The van der Waals surface area contributed by atoms with Crippen molar-refractivity contribution in [2.24, 2.45) is 0 Å². The average molecular weight is 459 g/mol. The van der Waals surface area contributed by atoms with E-state index < -0.39 is 5.54 Å². The number of nitrogens with one attached hydrogen (secondary N) is 2. The first-order chi connectivity index (χ1) is 16.2. The van der Waals surface area contributed by atoms with Gasteiger partial charge in [0.1, 0.15) is 11.4 Å². The van der Waals surface area contributed by atoms with Crippen LogP contribution in [0, 0.1) is 6.92 Å². The zero-order valence-corrected chi connectivity index (χ0v) is 21.4. The molecule has 3 aromatic rings. The molecule has 4 rings (SSSR count). The summed E-state index contributed by atoms with van der Waals surface area (Å²) in [5.74, 6) is 0.716. The number of rotatable bonds is 7. The van der Waals surface area contributed by atoms with E-state index in [4.69, 9.17) is 0 Å². The highest BCUT2D eigenvalue weighted by molar-refractivity contribution is 5.99. The SMILES string of the molecule is CCc1ccccc1C1CC(C)(C)n2ncc(C(=O)NC(CC)(CC)c3ccc(C)cc3)c2N1. The second kappa shape index (κ2) is 9.28. The second-order valence-corrected chi connectivity index (χ2v) is 10.2. The Morgan fingerprint density at radius 2 is 1.79 bits per heavy atom. The van der Waals surface area contributed by atoms with Crippen molar-refractivity contribution >= 4 is 11.7 Å². The summed E-state index contributed by atoms with van der Waals surface area (Å²) in [6.45, 7) is 12.9. The number of amides is 1. The Morgan fingerprint density at radius 3 is 2.44 bits per heavy atom. The van der Waals surface area contributed by atoms with Crippen molar-refractivity contribution < 1.29 is 4.79 Å². The maximum Gasteiger partial charge on any atom is 0.257 e. The standard InChI is InChI=1S/C29H38N4O/c1-7-21-12-10-11-13-23(21)25-18-28(5,6)33-26(31-25)24(19-30-33)27(34)32-29(8-2,9-3)22-16-14-20(4)15-17-22/h10-17,19,25,31H,7-9,18H2,1-6H3,(H,32,34). The highest BCUT2D eigenvalue weighted by atomic mass is 16.1. The van der Waals surface area contributed by atoms with E-state index in [-0.39, 0.29) is 17.5 Å². The van der Waals surface area contributed by atoms with Gasteiger partial charge in [-0.05, 0) is 63.1 Å². The first-order valence-corrected chi connectivity index (χ1v) is 12.6. The van der Waals surface area contributed by atoms with Crippen LogP contribution >= 0.6 is 0 Å². The van der Waals surface area contributed by atoms with Crippen LogP contribution in [-0.4, -0.2) is 15.7 Å². The molecule has 5 nitrogen and oxygen atoms in total. The molecule has 1 amide bonds. The van der Waals surface area contributed by atoms with E-state index in [9.17, 15) is 4.79 Å². The molecular formula is C29H38N4O. The molecule has 2 aromatic carbocycles. The van der Waals surface area contributed by atoms with Crippen LogP contribution in [0.2, 0.25) is 0 Å². The normalized spacial score (nSPS) is 17.1. The van der Waals surface area contributed by atoms with Crippen LogP contribution in [-0.2, 0) is 17.5 Å². The maximum atomic E-state index is 13.7. The molecule has 1 aliphatic rings. The third kappa shape index (κ3) is 4.24. The van der Waals surface area contributed by atoms with E-state index >= 15 is 0 Å². The van der Waals surface area contributed by atoms with Crippen LogP contribution in [0.3, 0.4) is 0 Å². The lowest BCUT2D eigenvalue weighted by Gasteiger charge is -2.39. The van der Waals surface area contributed by atoms with Crippen LogP contribution in [0.4, 0.5) is 5.82 Å². The molecule has 0 saturated heterocycles. The Balaban J connectivity index is 1.69. The van der Waals surface area contributed by atoms with Gasteiger partial charge < -0.3 is 10.6 Å². The number of carbonyl (C=O) groups is 1. The summed E-state index contributed by atoms with van der Waals surface area (Å²) < 4.78 is 1.98. The van der Waals surface area contributed by atoms with Gasteiger partial charge in [0.05, 0.1) is 23.3 Å². The zero-order valence-electron chi connectivity index (χ0n) is 21.4. The minimum Gasteiger partial charge on any atom is -0.363 e. The molecule has 0 fully saturated rings. The average Bonchev–Trinajstić information content (AvgIpc) is 3.28. The molecular weight excluding hydrogens is 420 g/mol. The van der Waals surface area contributed by atoms with Gasteiger partial charge in [0.25, 0.3) is 5.91 Å². The Bertz CT molecular complexity index is 1160. The molecule has 2 N–H and O–H groups in total. The summed E-state index contributed by atoms with van der Waals surface area (Å²) in [4.78, 5) is 13.7. The topological polar surface area (TPSA) is 59.0 Å². The number of benzene rings is 2. The van der Waals surface area contributed by atoms with E-state index in [1.807, 2.05) is 4.68 Å². The Morgan fingerprint density at radius 1 is 1.12 bits per heavy atom. The number of hydrogen-bond donors (Lipinski definition) is 2. The lowest BCUT2D eigenvalue weighted by Crippen LogP contribution is -2.45. The lowest BCUT2D eigenvalue weighted by atomic mass is 9.84. The summed E-state index contributed by atoms with van der Waals surface area (Å²) in [5.41, 5.74) is 4.96. The van der Waals surface area contributed by atoms with Gasteiger partial charge >= 0.3 is 0 Å². The maximum absolute atomic E-state index is 13.7. The van der Waals surface area contributed by atoms with Gasteiger partial charge in [0, 0.05) is 0 Å². The first-order valence-electron chi connectivity index (χ1n) is 12.6. The van der Waals surface area contributed by atoms with Crippen molar-refractivity contribution in [2.45, 2.75) is 84.3 Å². The van der Waals surface area contributed by atoms with Gasteiger partial charge in [-0.1, -0.05) is 74.9 Å². The van der Waals surface area contributed by atoms with E-state index in [1.54, 1.807) is 6.20 Å². The largest absolute Gasteiger partial charge is 0.363 e. The van der Waals surface area contributed by atoms with E-state index in [2.05, 4.69) is 106 Å². The van der Waals surface area contributed by atoms with Crippen molar-refractivity contribution in [3.8, 4) is 0 Å². The number of nitrogens with zero attached hydrogens (tertiary/aromatic N) is 2. The van der Waals surface area contributed by atoms with Gasteiger partial charge in [-0.15, -0.1) is 0 Å². The van der Waals surface area contributed by atoms with Gasteiger partial charge in [-0.2, -0.15) is 5.10 Å². The molecule has 1 aromatic heterocycles. The van der Waals surface area contributed by atoms with Crippen LogP contribution in [0.25, 0.3) is 0 Å². The van der Waals surface area contributed by atoms with Crippen molar-refractivity contribution in [1.29, 1.82) is 0 Å². The number of carbonyl (C=O) groups excluding carboxylic acids is 1. The summed E-state index contributed by atoms with van der Waals surface area (Å²) in [6, 6.07) is 17.2. The van der Waals surface area contributed by atoms with E-state index in [1.165, 1.54) is 16.7 Å². The quantitative estimate of drug-likeness (QED) is 0.425. The third-order valence-electron chi connectivity index (χ3n) is 7.58. The minimum atomic E-state index is -0.419. The predicted octanol–water partition coefficient (Wildman–Crippen LogP) is 6.49. The van der Waals surface area contributed by atoms with Crippen LogP contribution in [0.1, 0.15) is 92.5 Å². The summed E-state index contributed by atoms with van der Waals surface area (Å²) in [6.07, 6.45) is 5.23. The Hall–Kier alpha value is -3.08. The van der Waals surface area contributed by atoms with Gasteiger partial charge in [-0.25, -0.2) is 4.68 Å². The number of anilines is 1. The molecule has 0 bridgehead atoms. The molecule has 1 unspecified atom stereocenters. The molecule has 34 heavy (non-hydrogen) atoms. The fraction of sp³-hybridized carbons (Fsp3) is 0.448. The van der Waals surface area contributed by atoms with Crippen LogP contribution < -0.4 is 10.6 Å². The molecule has 2 heterocycles. The fourth-order valence-electron chi connectivity index (χ4n) is 5.36. The van der Waals surface area contributed by atoms with Crippen molar-refractivity contribution in [2.75, 3.05) is 5.32 Å². The number of aromatic nitrogens is 2. The van der Waals surface area contributed by atoms with Crippen molar-refractivity contribution in [3.05, 3.63) is 82.5 Å². The zero-order chi connectivity index (χ0) is 24.5. The fourth-order valence-corrected chi connectivity index (χ4v) is 5.36. The predicted molar refractivity (Wildman–Crippen MR) is 139 cm³/mol. The Kier molecular flexibility index (Phi) is 6.57. The highest BCUT2D eigenvalue weighted by Crippen LogP contribution is 2.41. The monoisotopic (exact) mass is 458 g/mol. The van der Waals surface area contributed by atoms with Crippen LogP contribution in [0.15, 0.2) is 54.7 Å². The molecule has 0 spiro atoms. The number of hydrogen-bond acceptors (Lipinski definition) is 3. The molecule has 1 atom stereocenters. The van der Waals surface area contributed by atoms with Crippen LogP contribution in [0.5, 0.6) is 0 Å². The first kappa shape index (κ1) is 24.1. The minimum absolute atomic E-state index is 0.0850. The number of fused-ring (bicyclic) bond motifs is 1. The summed E-state index contributed by atoms with van der Waals surface area (Å²) in [7, 11) is 0. The van der Waals surface area contributed by atoms with E-state index in [0.717, 1.165) is 37.1 Å². The Labute approximate surface area is 204 Å². The molecule has 0 radical (unpaired) electrons. The molecule has 0 aliphatic carbocycles. The van der Waals surface area contributed by atoms with Crippen molar-refractivity contribution in [1.82, 2.24) is 15.1 Å². The summed E-state index contributed by atoms with van der Waals surface area (Å²) >= 11 is 0. The van der Waals surface area contributed by atoms with Gasteiger partial charge in [-0.3, -0.25) is 4.79 Å². The van der Waals surface area contributed by atoms with Gasteiger partial charge in [0.2, 0.25) is 0 Å². The number of aryl methyl sites for hydroxylation is 2. The third-order valence-corrected chi connectivity index (χ3v) is 7.58. The smallest absolute Gasteiger partial charge is 0.257 e. The molecule has 5 heteroatoms. The second-order valence-electron chi connectivity index (χ2n) is 10.2. The van der Waals surface area contributed by atoms with Gasteiger partial charge in [0.15, 0.2) is 0 Å². The summed E-state index contributed by atoms with van der Waals surface area (Å²) in [5, 5.41) is 11.7. The lowest BCUT2D eigenvalue weighted by molar-refractivity contribution is 0.0890. The highest BCUT2D eigenvalue weighted by Gasteiger charge is 2.38. The van der Waals surface area contributed by atoms with E-state index in [0.29, 0.717) is 5.56 Å². The molecule has 1 aliphatic heterocycles. The molecule has 180 valence electrons.